The Balaban J connectivity index is 0.000000195. The number of alkyl halides is 3. The molecule has 1 radical (unpaired) electrons. The maximum atomic E-state index is 12.1. The van der Waals surface area contributed by atoms with E-state index < -0.39 is 12.0 Å². The van der Waals surface area contributed by atoms with Crippen LogP contribution in [0.4, 0.5) is 13.2 Å². The summed E-state index contributed by atoms with van der Waals surface area (Å²) in [6, 6.07) is 18.5. The molecule has 0 unspecified atom stereocenters. The number of hydrogen-bond donors (Lipinski definition) is 0. The first-order valence-electron chi connectivity index (χ1n) is 10.3. The largest absolute Gasteiger partial charge is 0.429 e. The molecule has 0 saturated heterocycles. The van der Waals surface area contributed by atoms with E-state index in [0.717, 1.165) is 22.6 Å². The predicted octanol–water partition coefficient (Wildman–Crippen LogP) is 5.53. The minimum Gasteiger partial charge on any atom is -0.413 e. The maximum absolute atomic E-state index is 12.1. The summed E-state index contributed by atoms with van der Waals surface area (Å²) in [7, 11) is 0. The van der Waals surface area contributed by atoms with E-state index in [1.54, 1.807) is 12.1 Å². The third kappa shape index (κ3) is 5.96. The molecule has 0 atom stereocenters. The van der Waals surface area contributed by atoms with Crippen LogP contribution < -0.4 is 5.10 Å². The first-order valence-corrected chi connectivity index (χ1v) is 10.3. The van der Waals surface area contributed by atoms with Crippen molar-refractivity contribution in [2.45, 2.75) is 26.9 Å². The third-order valence-electron chi connectivity index (χ3n) is 4.96. The van der Waals surface area contributed by atoms with E-state index in [9.17, 15) is 13.2 Å². The molecule has 5 rings (SSSR count). The zero-order valence-corrected chi connectivity index (χ0v) is 21.3. The molecular weight excluding hydrogens is 634 g/mol. The molecule has 0 N–H and O–H groups in total. The van der Waals surface area contributed by atoms with Gasteiger partial charge in [0.15, 0.2) is 0 Å². The normalized spacial score (nSPS) is 10.9. The summed E-state index contributed by atoms with van der Waals surface area (Å²) in [6.45, 7) is 6.06. The van der Waals surface area contributed by atoms with Gasteiger partial charge in [0.1, 0.15) is 5.82 Å². The molecule has 10 heteroatoms. The quantitative estimate of drug-likeness (QED) is 0.234. The molecule has 35 heavy (non-hydrogen) atoms. The summed E-state index contributed by atoms with van der Waals surface area (Å²) in [4.78, 5) is 16.1. The van der Waals surface area contributed by atoms with E-state index in [-0.39, 0.29) is 31.6 Å². The molecule has 5 aromatic rings. The summed E-state index contributed by atoms with van der Waals surface area (Å²) < 4.78 is 36.4. The minimum absolute atomic E-state index is 0. The summed E-state index contributed by atoms with van der Waals surface area (Å²) in [6.07, 6.45) is -1.32. The van der Waals surface area contributed by atoms with Gasteiger partial charge in [0.05, 0.1) is 11.4 Å². The SMILES string of the molecule is Cc1cnc(-c2[c-]cc(C)c3ccccc23)c(C)n1.FC(F)(F)c1n[n-]c(-c2ccccn2)n1.[Ir]. The fraction of sp³-hybridized carbons (Fsp3) is 0.160. The van der Waals surface area contributed by atoms with Crippen LogP contribution >= 0.6 is 0 Å². The number of nitrogens with zero attached hydrogens (tertiary/aromatic N) is 6. The van der Waals surface area contributed by atoms with Crippen LogP contribution in [0.3, 0.4) is 0 Å². The van der Waals surface area contributed by atoms with Gasteiger partial charge in [-0.25, -0.2) is 0 Å². The van der Waals surface area contributed by atoms with Gasteiger partial charge in [0, 0.05) is 43.9 Å². The van der Waals surface area contributed by atoms with E-state index in [1.807, 2.05) is 26.1 Å². The molecule has 2 aromatic carbocycles. The van der Waals surface area contributed by atoms with Crippen LogP contribution in [0.5, 0.6) is 0 Å². The molecule has 0 saturated carbocycles. The van der Waals surface area contributed by atoms with Crippen LogP contribution in [-0.2, 0) is 26.3 Å². The molecule has 6 nitrogen and oxygen atoms in total. The van der Waals surface area contributed by atoms with Crippen molar-refractivity contribution < 1.29 is 33.3 Å². The van der Waals surface area contributed by atoms with Gasteiger partial charge in [-0.1, -0.05) is 48.0 Å². The Hall–Kier alpha value is -3.49. The van der Waals surface area contributed by atoms with Crippen molar-refractivity contribution in [1.82, 2.24) is 30.1 Å². The summed E-state index contributed by atoms with van der Waals surface area (Å²) >= 11 is 0. The number of hydrogen-bond acceptors (Lipinski definition) is 5. The fourth-order valence-corrected chi connectivity index (χ4v) is 3.38. The van der Waals surface area contributed by atoms with Crippen LogP contribution in [-0.4, -0.2) is 25.0 Å². The molecule has 0 aliphatic rings. The second kappa shape index (κ2) is 10.8. The van der Waals surface area contributed by atoms with E-state index in [2.05, 4.69) is 67.4 Å². The van der Waals surface area contributed by atoms with E-state index >= 15 is 0 Å². The number of benzene rings is 2. The minimum atomic E-state index is -4.57. The molecular formula is C25H19F3IrN6-2. The molecule has 0 aliphatic carbocycles. The smallest absolute Gasteiger partial charge is 0.413 e. The standard InChI is InChI=1S/C17H15N2.C8H4F3N4.Ir/c1-11-8-9-16(15-7-5-4-6-14(11)15)17-13(3)19-12(2)10-18-17;9-8(10,11)7-13-6(14-15-7)5-3-1-2-4-12-5;/h4-8,10H,1-3H3;1-4H;/q2*-1;. The Morgan fingerprint density at radius 2 is 1.60 bits per heavy atom. The fourth-order valence-electron chi connectivity index (χ4n) is 3.38. The average molecular weight is 653 g/mol. The van der Waals surface area contributed by atoms with Gasteiger partial charge in [-0.05, 0) is 31.8 Å². The van der Waals surface area contributed by atoms with Crippen molar-refractivity contribution in [3.05, 3.63) is 89.8 Å². The van der Waals surface area contributed by atoms with E-state index in [1.165, 1.54) is 28.6 Å². The third-order valence-corrected chi connectivity index (χ3v) is 4.96. The molecule has 0 aliphatic heterocycles. The number of halogens is 3. The van der Waals surface area contributed by atoms with Gasteiger partial charge in [-0.15, -0.1) is 23.3 Å². The van der Waals surface area contributed by atoms with Crippen molar-refractivity contribution in [3.8, 4) is 22.8 Å². The second-order valence-electron chi connectivity index (χ2n) is 7.51. The molecule has 0 bridgehead atoms. The van der Waals surface area contributed by atoms with Crippen LogP contribution in [0.2, 0.25) is 0 Å². The number of fused-ring (bicyclic) bond motifs is 1. The Kier molecular flexibility index (Phi) is 8.09. The monoisotopic (exact) mass is 653 g/mol. The Labute approximate surface area is 213 Å². The Bertz CT molecular complexity index is 1430. The Morgan fingerprint density at radius 1 is 0.886 bits per heavy atom. The second-order valence-corrected chi connectivity index (χ2v) is 7.51. The summed E-state index contributed by atoms with van der Waals surface area (Å²) in [5, 5.41) is 8.68. The molecule has 0 fully saturated rings. The number of pyridine rings is 1. The Morgan fingerprint density at radius 3 is 2.23 bits per heavy atom. The van der Waals surface area contributed by atoms with Gasteiger partial charge in [-0.2, -0.15) is 13.2 Å². The predicted molar refractivity (Wildman–Crippen MR) is 122 cm³/mol. The molecule has 3 heterocycles. The van der Waals surface area contributed by atoms with Gasteiger partial charge in [0.2, 0.25) is 0 Å². The number of aromatic nitrogens is 6. The molecule has 181 valence electrons. The van der Waals surface area contributed by atoms with Gasteiger partial charge >= 0.3 is 6.18 Å². The van der Waals surface area contributed by atoms with Crippen LogP contribution in [0, 0.1) is 26.8 Å². The van der Waals surface area contributed by atoms with Crippen LogP contribution in [0.25, 0.3) is 33.5 Å². The number of aryl methyl sites for hydroxylation is 3. The van der Waals surface area contributed by atoms with E-state index in [4.69, 9.17) is 0 Å². The first kappa shape index (κ1) is 26.1. The van der Waals surface area contributed by atoms with Gasteiger partial charge in [-0.3, -0.25) is 15.1 Å². The molecule has 0 amide bonds. The zero-order valence-electron chi connectivity index (χ0n) is 18.9. The van der Waals surface area contributed by atoms with Crippen molar-refractivity contribution in [2.24, 2.45) is 0 Å². The summed E-state index contributed by atoms with van der Waals surface area (Å²) in [5.74, 6) is -1.37. The van der Waals surface area contributed by atoms with Crippen molar-refractivity contribution in [1.29, 1.82) is 0 Å². The van der Waals surface area contributed by atoms with Gasteiger partial charge in [0.25, 0.3) is 0 Å². The molecule has 0 spiro atoms. The maximum Gasteiger partial charge on any atom is 0.429 e. The van der Waals surface area contributed by atoms with Crippen molar-refractivity contribution in [2.75, 3.05) is 0 Å². The van der Waals surface area contributed by atoms with Crippen LogP contribution in [0.15, 0.2) is 60.9 Å². The summed E-state index contributed by atoms with van der Waals surface area (Å²) in [5.41, 5.74) is 5.34. The van der Waals surface area contributed by atoms with Crippen molar-refractivity contribution >= 4 is 10.8 Å². The van der Waals surface area contributed by atoms with Crippen LogP contribution in [0.1, 0.15) is 22.8 Å². The van der Waals surface area contributed by atoms with Gasteiger partial charge < -0.3 is 15.1 Å². The van der Waals surface area contributed by atoms with Crippen molar-refractivity contribution in [3.63, 3.8) is 0 Å². The number of rotatable bonds is 2. The van der Waals surface area contributed by atoms with E-state index in [0.29, 0.717) is 0 Å². The topological polar surface area (TPSA) is 78.5 Å². The zero-order chi connectivity index (χ0) is 24.3. The molecule has 3 aromatic heterocycles. The first-order chi connectivity index (χ1) is 16.2. The average Bonchev–Trinajstić information content (AvgIpc) is 3.33.